The number of rotatable bonds is 4. The first-order chi connectivity index (χ1) is 8.13. The topological polar surface area (TPSA) is 58.9 Å². The van der Waals surface area contributed by atoms with Crippen LogP contribution in [0, 0.1) is 6.92 Å². The van der Waals surface area contributed by atoms with Gasteiger partial charge in [0.15, 0.2) is 0 Å². The molecule has 18 heavy (non-hydrogen) atoms. The maximum absolute atomic E-state index is 11.9. The van der Waals surface area contributed by atoms with Crippen molar-refractivity contribution in [1.82, 2.24) is 20.4 Å². The molecule has 2 aromatic heterocycles. The normalized spacial score (nSPS) is 10.4. The Kier molecular flexibility index (Phi) is 5.13. The van der Waals surface area contributed by atoms with Crippen molar-refractivity contribution in [2.24, 2.45) is 7.05 Å². The summed E-state index contributed by atoms with van der Waals surface area (Å²) in [6.07, 6.45) is 0. The average molecular weight is 289 g/mol. The highest BCUT2D eigenvalue weighted by Gasteiger charge is 2.14. The van der Waals surface area contributed by atoms with Crippen LogP contribution in [0.2, 0.25) is 0 Å². The fourth-order valence-electron chi connectivity index (χ4n) is 1.71. The first kappa shape index (κ1) is 14.9. The van der Waals surface area contributed by atoms with Gasteiger partial charge in [-0.1, -0.05) is 0 Å². The number of carbonyl (C=O) groups excluding carboxylic acids is 1. The zero-order valence-electron chi connectivity index (χ0n) is 10.6. The van der Waals surface area contributed by atoms with E-state index >= 15 is 0 Å². The molecule has 0 aromatic carbocycles. The molecular weight excluding hydrogens is 272 g/mol. The van der Waals surface area contributed by atoms with Gasteiger partial charge >= 0.3 is 0 Å². The second-order valence-electron chi connectivity index (χ2n) is 3.90. The Bertz CT molecular complexity index is 514. The number of hydrogen-bond acceptors (Lipinski definition) is 4. The van der Waals surface area contributed by atoms with Crippen LogP contribution in [0.4, 0.5) is 0 Å². The molecular formula is C11H17ClN4OS. The molecule has 1 amide bonds. The summed E-state index contributed by atoms with van der Waals surface area (Å²) in [4.78, 5) is 13.6. The lowest BCUT2D eigenvalue weighted by molar-refractivity contribution is 0.0958. The zero-order valence-corrected chi connectivity index (χ0v) is 12.2. The van der Waals surface area contributed by atoms with Gasteiger partial charge in [0.05, 0.1) is 10.6 Å². The number of aromatic nitrogens is 2. The van der Waals surface area contributed by atoms with Crippen molar-refractivity contribution in [2.75, 3.05) is 20.1 Å². The number of amides is 1. The van der Waals surface area contributed by atoms with Crippen molar-refractivity contribution in [3.8, 4) is 0 Å². The lowest BCUT2D eigenvalue weighted by Crippen LogP contribution is -2.29. The molecule has 0 aliphatic carbocycles. The van der Waals surface area contributed by atoms with Crippen LogP contribution in [-0.2, 0) is 7.05 Å². The monoisotopic (exact) mass is 288 g/mol. The molecule has 0 spiro atoms. The molecule has 2 N–H and O–H groups in total. The van der Waals surface area contributed by atoms with E-state index in [0.29, 0.717) is 6.54 Å². The molecule has 0 fully saturated rings. The van der Waals surface area contributed by atoms with E-state index in [4.69, 9.17) is 0 Å². The van der Waals surface area contributed by atoms with Crippen LogP contribution >= 0.6 is 23.7 Å². The molecule has 0 aliphatic rings. The van der Waals surface area contributed by atoms with E-state index in [9.17, 15) is 4.79 Å². The third kappa shape index (κ3) is 2.82. The van der Waals surface area contributed by atoms with E-state index in [1.54, 1.807) is 0 Å². The van der Waals surface area contributed by atoms with Gasteiger partial charge in [-0.3, -0.25) is 9.48 Å². The minimum absolute atomic E-state index is 0. The van der Waals surface area contributed by atoms with E-state index in [2.05, 4.69) is 15.7 Å². The number of aryl methyl sites for hydroxylation is 2. The lowest BCUT2D eigenvalue weighted by Gasteiger charge is -2.01. The van der Waals surface area contributed by atoms with Crippen LogP contribution in [0.5, 0.6) is 0 Å². The third-order valence-corrected chi connectivity index (χ3v) is 3.78. The Morgan fingerprint density at radius 1 is 1.50 bits per heavy atom. The summed E-state index contributed by atoms with van der Waals surface area (Å²) in [5, 5.41) is 11.2. The molecule has 2 rings (SSSR count). The van der Waals surface area contributed by atoms with Crippen molar-refractivity contribution >= 4 is 39.9 Å². The van der Waals surface area contributed by atoms with Gasteiger partial charge < -0.3 is 10.6 Å². The molecule has 0 saturated carbocycles. The molecule has 0 unspecified atom stereocenters. The zero-order chi connectivity index (χ0) is 12.4. The van der Waals surface area contributed by atoms with E-state index in [1.807, 2.05) is 31.8 Å². The number of nitrogens with one attached hydrogen (secondary N) is 2. The van der Waals surface area contributed by atoms with Crippen molar-refractivity contribution < 1.29 is 4.79 Å². The lowest BCUT2D eigenvalue weighted by atomic mass is 10.3. The second kappa shape index (κ2) is 6.17. The number of thiophene rings is 1. The summed E-state index contributed by atoms with van der Waals surface area (Å²) < 4.78 is 1.82. The van der Waals surface area contributed by atoms with Crippen LogP contribution in [0.25, 0.3) is 10.2 Å². The number of likely N-dealkylation sites (N-methyl/N-ethyl adjacent to an activating group) is 1. The van der Waals surface area contributed by atoms with Gasteiger partial charge in [-0.05, 0) is 20.0 Å². The van der Waals surface area contributed by atoms with Gasteiger partial charge in [-0.2, -0.15) is 5.10 Å². The molecule has 100 valence electrons. The quantitative estimate of drug-likeness (QED) is 0.834. The Hall–Kier alpha value is -1.11. The Morgan fingerprint density at radius 3 is 2.83 bits per heavy atom. The summed E-state index contributed by atoms with van der Waals surface area (Å²) in [5.74, 6) is -0.0131. The minimum atomic E-state index is -0.0131. The first-order valence-corrected chi connectivity index (χ1v) is 6.31. The number of hydrogen-bond donors (Lipinski definition) is 2. The highest BCUT2D eigenvalue weighted by atomic mass is 35.5. The van der Waals surface area contributed by atoms with Crippen LogP contribution < -0.4 is 10.6 Å². The summed E-state index contributed by atoms with van der Waals surface area (Å²) in [6.45, 7) is 3.37. The number of carbonyl (C=O) groups is 1. The van der Waals surface area contributed by atoms with E-state index < -0.39 is 0 Å². The number of fused-ring (bicyclic) bond motifs is 1. The molecule has 0 bridgehead atoms. The minimum Gasteiger partial charge on any atom is -0.350 e. The Labute approximate surface area is 116 Å². The van der Waals surface area contributed by atoms with E-state index in [-0.39, 0.29) is 18.3 Å². The maximum Gasteiger partial charge on any atom is 0.261 e. The number of nitrogens with zero attached hydrogens (tertiary/aromatic N) is 2. The van der Waals surface area contributed by atoms with Crippen molar-refractivity contribution in [1.29, 1.82) is 0 Å². The Morgan fingerprint density at radius 2 is 2.22 bits per heavy atom. The largest absolute Gasteiger partial charge is 0.350 e. The summed E-state index contributed by atoms with van der Waals surface area (Å²) in [5.41, 5.74) is 0.966. The van der Waals surface area contributed by atoms with Crippen LogP contribution in [0.1, 0.15) is 15.4 Å². The smallest absolute Gasteiger partial charge is 0.261 e. The van der Waals surface area contributed by atoms with E-state index in [1.165, 1.54) is 11.3 Å². The molecule has 0 aliphatic heterocycles. The van der Waals surface area contributed by atoms with Gasteiger partial charge in [0, 0.05) is 25.5 Å². The fourth-order valence-corrected chi connectivity index (χ4v) is 2.74. The predicted octanol–water partition coefficient (Wildman–Crippen LogP) is 1.31. The van der Waals surface area contributed by atoms with Gasteiger partial charge in [0.25, 0.3) is 5.91 Å². The van der Waals surface area contributed by atoms with Crippen molar-refractivity contribution in [2.45, 2.75) is 6.92 Å². The predicted molar refractivity (Wildman–Crippen MR) is 76.8 cm³/mol. The maximum atomic E-state index is 11.9. The molecule has 5 nitrogen and oxygen atoms in total. The standard InChI is InChI=1S/C11H16N4OS.ClH/c1-7-8-6-9(10(16)13-5-4-12-2)17-11(8)15(3)14-7;/h6,12H,4-5H2,1-3H3,(H,13,16);1H. The summed E-state index contributed by atoms with van der Waals surface area (Å²) in [6, 6.07) is 1.91. The van der Waals surface area contributed by atoms with Crippen LogP contribution in [-0.4, -0.2) is 35.8 Å². The summed E-state index contributed by atoms with van der Waals surface area (Å²) in [7, 11) is 3.76. The van der Waals surface area contributed by atoms with Gasteiger partial charge in [-0.15, -0.1) is 23.7 Å². The Balaban J connectivity index is 0.00000162. The van der Waals surface area contributed by atoms with Crippen LogP contribution in [0.3, 0.4) is 0 Å². The van der Waals surface area contributed by atoms with Crippen molar-refractivity contribution in [3.05, 3.63) is 16.6 Å². The average Bonchev–Trinajstić information content (AvgIpc) is 2.82. The second-order valence-corrected chi connectivity index (χ2v) is 4.93. The highest BCUT2D eigenvalue weighted by molar-refractivity contribution is 7.20. The molecule has 0 radical (unpaired) electrons. The van der Waals surface area contributed by atoms with Gasteiger partial charge in [0.2, 0.25) is 0 Å². The fraction of sp³-hybridized carbons (Fsp3) is 0.455. The molecule has 7 heteroatoms. The summed E-state index contributed by atoms with van der Waals surface area (Å²) >= 11 is 1.48. The molecule has 0 saturated heterocycles. The molecule has 2 heterocycles. The molecule has 0 atom stereocenters. The number of halogens is 1. The molecule has 2 aromatic rings. The SMILES string of the molecule is CNCCNC(=O)c1cc2c(C)nn(C)c2s1.Cl. The highest BCUT2D eigenvalue weighted by Crippen LogP contribution is 2.27. The van der Waals surface area contributed by atoms with Crippen molar-refractivity contribution in [3.63, 3.8) is 0 Å². The van der Waals surface area contributed by atoms with Gasteiger partial charge in [0.1, 0.15) is 4.83 Å². The first-order valence-electron chi connectivity index (χ1n) is 5.49. The van der Waals surface area contributed by atoms with E-state index in [0.717, 1.165) is 27.3 Å². The van der Waals surface area contributed by atoms with Crippen LogP contribution in [0.15, 0.2) is 6.07 Å². The third-order valence-electron chi connectivity index (χ3n) is 2.58. The van der Waals surface area contributed by atoms with Gasteiger partial charge in [-0.25, -0.2) is 0 Å².